The molecule has 0 aliphatic rings. The Hall–Kier alpha value is -1.88. The summed E-state index contributed by atoms with van der Waals surface area (Å²) in [5, 5.41) is 0. The van der Waals surface area contributed by atoms with E-state index in [1.807, 2.05) is 17.7 Å². The standard InChI is InChI=1S/C13H16FN3O/c1-10(15)11-2-3-13(12(14)8-11)18-7-6-17-5-4-16-9-17/h2-5,8-10H,6-7,15H2,1H3/t10-/m1/s1. The van der Waals surface area contributed by atoms with E-state index in [2.05, 4.69) is 4.98 Å². The van der Waals surface area contributed by atoms with Crippen LogP contribution in [0.25, 0.3) is 0 Å². The molecule has 0 aliphatic carbocycles. The summed E-state index contributed by atoms with van der Waals surface area (Å²) in [6.45, 7) is 2.84. The molecule has 2 N–H and O–H groups in total. The number of rotatable bonds is 5. The molecular weight excluding hydrogens is 233 g/mol. The van der Waals surface area contributed by atoms with Crippen molar-refractivity contribution in [3.05, 3.63) is 48.3 Å². The average molecular weight is 249 g/mol. The van der Waals surface area contributed by atoms with Gasteiger partial charge in [0.05, 0.1) is 12.9 Å². The summed E-state index contributed by atoms with van der Waals surface area (Å²) >= 11 is 0. The second-order valence-electron chi connectivity index (χ2n) is 4.13. The van der Waals surface area contributed by atoms with Crippen molar-refractivity contribution in [3.63, 3.8) is 0 Å². The van der Waals surface area contributed by atoms with Gasteiger partial charge in [-0.1, -0.05) is 6.07 Å². The number of aromatic nitrogens is 2. The van der Waals surface area contributed by atoms with Crippen LogP contribution in [0.2, 0.25) is 0 Å². The van der Waals surface area contributed by atoms with Crippen LogP contribution in [0.1, 0.15) is 18.5 Å². The molecule has 1 atom stereocenters. The maximum absolute atomic E-state index is 13.7. The average Bonchev–Trinajstić information content (AvgIpc) is 2.84. The molecule has 0 aliphatic heterocycles. The SMILES string of the molecule is C[C@@H](N)c1ccc(OCCn2ccnc2)c(F)c1. The second-order valence-corrected chi connectivity index (χ2v) is 4.13. The van der Waals surface area contributed by atoms with E-state index in [-0.39, 0.29) is 17.6 Å². The molecule has 4 nitrogen and oxygen atoms in total. The number of benzene rings is 1. The highest BCUT2D eigenvalue weighted by Crippen LogP contribution is 2.21. The van der Waals surface area contributed by atoms with Crippen LogP contribution >= 0.6 is 0 Å². The summed E-state index contributed by atoms with van der Waals surface area (Å²) in [6.07, 6.45) is 5.22. The van der Waals surface area contributed by atoms with Gasteiger partial charge in [-0.05, 0) is 24.6 Å². The Bertz CT molecular complexity index is 497. The van der Waals surface area contributed by atoms with Gasteiger partial charge in [0, 0.05) is 18.4 Å². The lowest BCUT2D eigenvalue weighted by molar-refractivity contribution is 0.284. The van der Waals surface area contributed by atoms with E-state index in [0.717, 1.165) is 5.56 Å². The Balaban J connectivity index is 1.93. The van der Waals surface area contributed by atoms with Crippen molar-refractivity contribution in [2.24, 2.45) is 5.73 Å². The van der Waals surface area contributed by atoms with Crippen LogP contribution in [-0.4, -0.2) is 16.2 Å². The first-order chi connectivity index (χ1) is 8.66. The van der Waals surface area contributed by atoms with Gasteiger partial charge < -0.3 is 15.0 Å². The van der Waals surface area contributed by atoms with Crippen LogP contribution in [0.4, 0.5) is 4.39 Å². The van der Waals surface area contributed by atoms with Crippen molar-refractivity contribution in [2.45, 2.75) is 19.5 Å². The molecule has 0 unspecified atom stereocenters. The van der Waals surface area contributed by atoms with Crippen molar-refractivity contribution in [2.75, 3.05) is 6.61 Å². The van der Waals surface area contributed by atoms with E-state index >= 15 is 0 Å². The Morgan fingerprint density at radius 1 is 1.50 bits per heavy atom. The Morgan fingerprint density at radius 2 is 2.33 bits per heavy atom. The van der Waals surface area contributed by atoms with E-state index in [0.29, 0.717) is 13.2 Å². The topological polar surface area (TPSA) is 53.1 Å². The van der Waals surface area contributed by atoms with Crippen molar-refractivity contribution >= 4 is 0 Å². The van der Waals surface area contributed by atoms with Gasteiger partial charge in [-0.3, -0.25) is 0 Å². The number of hydrogen-bond acceptors (Lipinski definition) is 3. The van der Waals surface area contributed by atoms with Crippen LogP contribution in [0.15, 0.2) is 36.9 Å². The van der Waals surface area contributed by atoms with Gasteiger partial charge in [-0.15, -0.1) is 0 Å². The largest absolute Gasteiger partial charge is 0.489 e. The zero-order valence-electron chi connectivity index (χ0n) is 10.2. The summed E-state index contributed by atoms with van der Waals surface area (Å²) in [4.78, 5) is 3.92. The molecule has 0 fully saturated rings. The number of nitrogens with zero attached hydrogens (tertiary/aromatic N) is 2. The monoisotopic (exact) mass is 249 g/mol. The lowest BCUT2D eigenvalue weighted by Gasteiger charge is -2.10. The van der Waals surface area contributed by atoms with Gasteiger partial charge in [0.2, 0.25) is 0 Å². The fourth-order valence-corrected chi connectivity index (χ4v) is 1.60. The zero-order valence-corrected chi connectivity index (χ0v) is 10.2. The lowest BCUT2D eigenvalue weighted by atomic mass is 10.1. The summed E-state index contributed by atoms with van der Waals surface area (Å²) in [7, 11) is 0. The molecule has 1 heterocycles. The quantitative estimate of drug-likeness (QED) is 0.883. The Morgan fingerprint density at radius 3 is 2.94 bits per heavy atom. The predicted molar refractivity (Wildman–Crippen MR) is 66.7 cm³/mol. The zero-order chi connectivity index (χ0) is 13.0. The van der Waals surface area contributed by atoms with Crippen LogP contribution < -0.4 is 10.5 Å². The van der Waals surface area contributed by atoms with Gasteiger partial charge >= 0.3 is 0 Å². The molecule has 2 rings (SSSR count). The maximum Gasteiger partial charge on any atom is 0.165 e. The number of hydrogen-bond donors (Lipinski definition) is 1. The molecule has 0 bridgehead atoms. The molecule has 96 valence electrons. The molecule has 0 saturated heterocycles. The smallest absolute Gasteiger partial charge is 0.165 e. The molecule has 0 radical (unpaired) electrons. The highest BCUT2D eigenvalue weighted by atomic mass is 19.1. The highest BCUT2D eigenvalue weighted by molar-refractivity contribution is 5.30. The molecule has 1 aromatic heterocycles. The summed E-state index contributed by atoms with van der Waals surface area (Å²) in [5.74, 6) is -0.130. The summed E-state index contributed by atoms with van der Waals surface area (Å²) in [6, 6.07) is 4.62. The minimum absolute atomic E-state index is 0.181. The third-order valence-corrected chi connectivity index (χ3v) is 2.65. The first-order valence-electron chi connectivity index (χ1n) is 5.80. The second kappa shape index (κ2) is 5.64. The fourth-order valence-electron chi connectivity index (χ4n) is 1.60. The highest BCUT2D eigenvalue weighted by Gasteiger charge is 2.07. The normalized spacial score (nSPS) is 12.4. The molecular formula is C13H16FN3O. The van der Waals surface area contributed by atoms with Crippen molar-refractivity contribution < 1.29 is 9.13 Å². The molecule has 0 amide bonds. The van der Waals surface area contributed by atoms with E-state index < -0.39 is 0 Å². The first-order valence-corrected chi connectivity index (χ1v) is 5.80. The molecule has 0 spiro atoms. The van der Waals surface area contributed by atoms with Gasteiger partial charge in [-0.2, -0.15) is 0 Å². The lowest BCUT2D eigenvalue weighted by Crippen LogP contribution is -2.09. The molecule has 1 aromatic carbocycles. The fraction of sp³-hybridized carbons (Fsp3) is 0.308. The van der Waals surface area contributed by atoms with E-state index in [9.17, 15) is 4.39 Å². The van der Waals surface area contributed by atoms with E-state index in [1.54, 1.807) is 24.7 Å². The number of halogens is 1. The van der Waals surface area contributed by atoms with E-state index in [1.165, 1.54) is 6.07 Å². The first kappa shape index (κ1) is 12.6. The van der Waals surface area contributed by atoms with Gasteiger partial charge in [0.25, 0.3) is 0 Å². The number of imidazole rings is 1. The molecule has 5 heteroatoms. The molecule has 0 saturated carbocycles. The minimum atomic E-state index is -0.379. The number of ether oxygens (including phenoxy) is 1. The van der Waals surface area contributed by atoms with Gasteiger partial charge in [0.1, 0.15) is 6.61 Å². The number of nitrogens with two attached hydrogens (primary N) is 1. The third-order valence-electron chi connectivity index (χ3n) is 2.65. The Kier molecular flexibility index (Phi) is 3.94. The van der Waals surface area contributed by atoms with Gasteiger partial charge in [-0.25, -0.2) is 9.37 Å². The van der Waals surface area contributed by atoms with Crippen molar-refractivity contribution in [1.29, 1.82) is 0 Å². The van der Waals surface area contributed by atoms with Crippen LogP contribution in [0.3, 0.4) is 0 Å². The maximum atomic E-state index is 13.7. The molecule has 2 aromatic rings. The van der Waals surface area contributed by atoms with Crippen LogP contribution in [0.5, 0.6) is 5.75 Å². The van der Waals surface area contributed by atoms with Crippen LogP contribution in [-0.2, 0) is 6.54 Å². The minimum Gasteiger partial charge on any atom is -0.489 e. The Labute approximate surface area is 105 Å². The van der Waals surface area contributed by atoms with Gasteiger partial charge in [0.15, 0.2) is 11.6 Å². The van der Waals surface area contributed by atoms with Crippen molar-refractivity contribution in [1.82, 2.24) is 9.55 Å². The van der Waals surface area contributed by atoms with E-state index in [4.69, 9.17) is 10.5 Å². The third kappa shape index (κ3) is 3.07. The van der Waals surface area contributed by atoms with Crippen LogP contribution in [0, 0.1) is 5.82 Å². The summed E-state index contributed by atoms with van der Waals surface area (Å²) < 4.78 is 20.9. The van der Waals surface area contributed by atoms with Crippen molar-refractivity contribution in [3.8, 4) is 5.75 Å². The predicted octanol–water partition coefficient (Wildman–Crippen LogP) is 2.12. The molecule has 18 heavy (non-hydrogen) atoms. The summed E-state index contributed by atoms with van der Waals surface area (Å²) in [5.41, 5.74) is 6.44.